The first kappa shape index (κ1) is 17.2. The maximum absolute atomic E-state index is 12.8. The van der Waals surface area contributed by atoms with Gasteiger partial charge in [-0.2, -0.15) is 5.26 Å². The van der Waals surface area contributed by atoms with Gasteiger partial charge in [-0.3, -0.25) is 4.79 Å². The largest absolute Gasteiger partial charge is 0.496 e. The standard InChI is InChI=1S/C20H18N4O2/c1-24-12-11-22-19(24)18(16-5-3-4-6-17(16)26-2)23-20(25)15-9-7-14(13-21)8-10-15/h3-12,18H,1-2H3,(H,23,25)/t18-/m1/s1. The molecule has 3 aromatic rings. The van der Waals surface area contributed by atoms with Crippen LogP contribution >= 0.6 is 0 Å². The number of methoxy groups -OCH3 is 1. The molecule has 0 saturated heterocycles. The van der Waals surface area contributed by atoms with Crippen molar-refractivity contribution in [3.8, 4) is 11.8 Å². The van der Waals surface area contributed by atoms with Gasteiger partial charge in [-0.05, 0) is 30.3 Å². The summed E-state index contributed by atoms with van der Waals surface area (Å²) in [7, 11) is 3.47. The number of benzene rings is 2. The second kappa shape index (κ2) is 7.53. The van der Waals surface area contributed by atoms with E-state index in [-0.39, 0.29) is 5.91 Å². The normalized spacial score (nSPS) is 11.4. The molecular formula is C20H18N4O2. The average Bonchev–Trinajstić information content (AvgIpc) is 3.11. The minimum atomic E-state index is -0.478. The van der Waals surface area contributed by atoms with E-state index in [4.69, 9.17) is 10.00 Å². The summed E-state index contributed by atoms with van der Waals surface area (Å²) in [6, 6.07) is 15.6. The molecule has 0 unspecified atom stereocenters. The number of rotatable bonds is 5. The number of nitriles is 1. The molecule has 0 bridgehead atoms. The van der Waals surface area contributed by atoms with Gasteiger partial charge in [0.15, 0.2) is 0 Å². The van der Waals surface area contributed by atoms with Crippen LogP contribution in [-0.2, 0) is 7.05 Å². The number of carbonyl (C=O) groups is 1. The summed E-state index contributed by atoms with van der Waals surface area (Å²) < 4.78 is 7.31. The number of aromatic nitrogens is 2. The third-order valence-electron chi connectivity index (χ3n) is 4.12. The van der Waals surface area contributed by atoms with Crippen LogP contribution < -0.4 is 10.1 Å². The molecule has 6 heteroatoms. The molecule has 1 heterocycles. The minimum absolute atomic E-state index is 0.256. The number of hydrogen-bond donors (Lipinski definition) is 1. The number of ether oxygens (including phenoxy) is 1. The van der Waals surface area contributed by atoms with Crippen molar-refractivity contribution in [3.63, 3.8) is 0 Å². The third kappa shape index (κ3) is 3.42. The fourth-order valence-electron chi connectivity index (χ4n) is 2.75. The molecule has 0 saturated carbocycles. The number of para-hydroxylation sites is 1. The number of carbonyl (C=O) groups excluding carboxylic acids is 1. The Morgan fingerprint density at radius 3 is 2.58 bits per heavy atom. The van der Waals surface area contributed by atoms with E-state index in [1.807, 2.05) is 48.1 Å². The van der Waals surface area contributed by atoms with Crippen molar-refractivity contribution < 1.29 is 9.53 Å². The Kier molecular flexibility index (Phi) is 4.99. The van der Waals surface area contributed by atoms with Gasteiger partial charge in [0.25, 0.3) is 5.91 Å². The van der Waals surface area contributed by atoms with Crippen LogP contribution in [0, 0.1) is 11.3 Å². The number of nitrogens with zero attached hydrogens (tertiary/aromatic N) is 3. The topological polar surface area (TPSA) is 79.9 Å². The highest BCUT2D eigenvalue weighted by Crippen LogP contribution is 2.29. The zero-order valence-electron chi connectivity index (χ0n) is 14.5. The monoisotopic (exact) mass is 346 g/mol. The average molecular weight is 346 g/mol. The quantitative estimate of drug-likeness (QED) is 0.770. The SMILES string of the molecule is COc1ccccc1[C@@H](NC(=O)c1ccc(C#N)cc1)c1nccn1C. The van der Waals surface area contributed by atoms with E-state index in [1.165, 1.54) is 0 Å². The van der Waals surface area contributed by atoms with E-state index in [1.54, 1.807) is 37.6 Å². The van der Waals surface area contributed by atoms with E-state index < -0.39 is 6.04 Å². The lowest BCUT2D eigenvalue weighted by molar-refractivity contribution is 0.0941. The Morgan fingerprint density at radius 1 is 1.23 bits per heavy atom. The van der Waals surface area contributed by atoms with Crippen LogP contribution in [0.5, 0.6) is 5.75 Å². The number of hydrogen-bond acceptors (Lipinski definition) is 4. The third-order valence-corrected chi connectivity index (χ3v) is 4.12. The van der Waals surface area contributed by atoms with Gasteiger partial charge in [0.05, 0.1) is 18.7 Å². The highest BCUT2D eigenvalue weighted by atomic mass is 16.5. The first-order chi connectivity index (χ1) is 12.6. The van der Waals surface area contributed by atoms with Crippen molar-refractivity contribution in [3.05, 3.63) is 83.4 Å². The molecule has 1 aromatic heterocycles. The molecule has 0 aliphatic heterocycles. The fraction of sp³-hybridized carbons (Fsp3) is 0.150. The Balaban J connectivity index is 1.97. The van der Waals surface area contributed by atoms with Crippen LogP contribution in [0.2, 0.25) is 0 Å². The molecule has 3 rings (SSSR count). The van der Waals surface area contributed by atoms with E-state index in [0.29, 0.717) is 22.7 Å². The second-order valence-electron chi connectivity index (χ2n) is 5.73. The highest BCUT2D eigenvalue weighted by Gasteiger charge is 2.24. The van der Waals surface area contributed by atoms with E-state index >= 15 is 0 Å². The first-order valence-corrected chi connectivity index (χ1v) is 8.05. The Hall–Kier alpha value is -3.59. The van der Waals surface area contributed by atoms with Crippen molar-refractivity contribution >= 4 is 5.91 Å². The van der Waals surface area contributed by atoms with Crippen molar-refractivity contribution in [2.75, 3.05) is 7.11 Å². The molecule has 0 spiro atoms. The lowest BCUT2D eigenvalue weighted by Crippen LogP contribution is -2.31. The Labute approximate surface area is 151 Å². The van der Waals surface area contributed by atoms with Gasteiger partial charge in [0.1, 0.15) is 17.6 Å². The molecule has 0 radical (unpaired) electrons. The van der Waals surface area contributed by atoms with Crippen molar-refractivity contribution in [2.24, 2.45) is 7.05 Å². The molecule has 0 aliphatic rings. The fourth-order valence-corrected chi connectivity index (χ4v) is 2.75. The van der Waals surface area contributed by atoms with E-state index in [0.717, 1.165) is 5.56 Å². The first-order valence-electron chi connectivity index (χ1n) is 8.05. The van der Waals surface area contributed by atoms with Gasteiger partial charge >= 0.3 is 0 Å². The predicted octanol–water partition coefficient (Wildman–Crippen LogP) is 2.82. The van der Waals surface area contributed by atoms with Gasteiger partial charge in [-0.1, -0.05) is 18.2 Å². The number of imidazole rings is 1. The van der Waals surface area contributed by atoms with Crippen LogP contribution in [0.15, 0.2) is 60.9 Å². The molecule has 0 fully saturated rings. The van der Waals surface area contributed by atoms with Gasteiger partial charge in [0, 0.05) is 30.6 Å². The molecule has 1 N–H and O–H groups in total. The van der Waals surface area contributed by atoms with Crippen LogP contribution in [-0.4, -0.2) is 22.6 Å². The van der Waals surface area contributed by atoms with Crippen LogP contribution in [0.4, 0.5) is 0 Å². The predicted molar refractivity (Wildman–Crippen MR) is 96.7 cm³/mol. The summed E-state index contributed by atoms with van der Waals surface area (Å²) in [5.74, 6) is 1.10. The maximum Gasteiger partial charge on any atom is 0.252 e. The zero-order valence-corrected chi connectivity index (χ0v) is 14.5. The van der Waals surface area contributed by atoms with Crippen LogP contribution in [0.25, 0.3) is 0 Å². The summed E-state index contributed by atoms with van der Waals surface area (Å²) in [4.78, 5) is 17.2. The van der Waals surface area contributed by atoms with Crippen LogP contribution in [0.1, 0.15) is 33.4 Å². The lowest BCUT2D eigenvalue weighted by Gasteiger charge is -2.21. The smallest absolute Gasteiger partial charge is 0.252 e. The van der Waals surface area contributed by atoms with Gasteiger partial charge < -0.3 is 14.6 Å². The molecule has 1 amide bonds. The lowest BCUT2D eigenvalue weighted by atomic mass is 10.0. The Morgan fingerprint density at radius 2 is 1.96 bits per heavy atom. The van der Waals surface area contributed by atoms with Crippen LogP contribution in [0.3, 0.4) is 0 Å². The van der Waals surface area contributed by atoms with E-state index in [2.05, 4.69) is 10.3 Å². The van der Waals surface area contributed by atoms with Gasteiger partial charge in [0.2, 0.25) is 0 Å². The second-order valence-corrected chi connectivity index (χ2v) is 5.73. The summed E-state index contributed by atoms with van der Waals surface area (Å²) >= 11 is 0. The minimum Gasteiger partial charge on any atom is -0.496 e. The van der Waals surface area contributed by atoms with Gasteiger partial charge in [-0.15, -0.1) is 0 Å². The number of nitrogens with one attached hydrogen (secondary N) is 1. The van der Waals surface area contributed by atoms with Crippen molar-refractivity contribution in [1.29, 1.82) is 5.26 Å². The number of amides is 1. The molecule has 130 valence electrons. The Bertz CT molecular complexity index is 954. The summed E-state index contributed by atoms with van der Waals surface area (Å²) in [5, 5.41) is 11.9. The molecule has 0 aliphatic carbocycles. The molecular weight excluding hydrogens is 328 g/mol. The van der Waals surface area contributed by atoms with E-state index in [9.17, 15) is 4.79 Å². The van der Waals surface area contributed by atoms with Gasteiger partial charge in [-0.25, -0.2) is 4.98 Å². The summed E-state index contributed by atoms with van der Waals surface area (Å²) in [6.07, 6.45) is 3.51. The summed E-state index contributed by atoms with van der Waals surface area (Å²) in [6.45, 7) is 0. The molecule has 26 heavy (non-hydrogen) atoms. The molecule has 6 nitrogen and oxygen atoms in total. The van der Waals surface area contributed by atoms with Crippen molar-refractivity contribution in [1.82, 2.24) is 14.9 Å². The molecule has 2 aromatic carbocycles. The zero-order chi connectivity index (χ0) is 18.5. The number of aryl methyl sites for hydroxylation is 1. The maximum atomic E-state index is 12.8. The summed E-state index contributed by atoms with van der Waals surface area (Å²) in [5.41, 5.74) is 1.79. The molecule has 1 atom stereocenters. The van der Waals surface area contributed by atoms with Crippen molar-refractivity contribution in [2.45, 2.75) is 6.04 Å². The highest BCUT2D eigenvalue weighted by molar-refractivity contribution is 5.94.